The van der Waals surface area contributed by atoms with Gasteiger partial charge in [-0.2, -0.15) is 5.26 Å². The molecule has 2 N–H and O–H groups in total. The summed E-state index contributed by atoms with van der Waals surface area (Å²) in [7, 11) is 0. The van der Waals surface area contributed by atoms with E-state index in [2.05, 4.69) is 0 Å². The molecule has 1 heterocycles. The zero-order chi connectivity index (χ0) is 10.6. The van der Waals surface area contributed by atoms with E-state index < -0.39 is 17.7 Å². The van der Waals surface area contributed by atoms with Crippen molar-refractivity contribution < 1.29 is 9.59 Å². The lowest BCUT2D eigenvalue weighted by molar-refractivity contribution is -0.136. The third-order valence-corrected chi connectivity index (χ3v) is 1.76. The van der Waals surface area contributed by atoms with Crippen LogP contribution in [0.4, 0.5) is 0 Å². The molecule has 0 aromatic rings. The van der Waals surface area contributed by atoms with Crippen molar-refractivity contribution in [2.24, 2.45) is 11.7 Å². The molecule has 1 aliphatic heterocycles. The lowest BCUT2D eigenvalue weighted by atomic mass is 10.1. The minimum absolute atomic E-state index is 0.362. The molecule has 0 fully saturated rings. The molecule has 5 nitrogen and oxygen atoms in total. The van der Waals surface area contributed by atoms with Crippen molar-refractivity contribution in [3.8, 4) is 6.07 Å². The summed E-state index contributed by atoms with van der Waals surface area (Å²) in [5.74, 6) is -2.90. The standard InChI is InChI=1S/C9H9N3O2/c10-6-7(8(11)13)9(14)12-4-2-1-3-5-12/h1-4,7H,5H2,(H2,11,13). The van der Waals surface area contributed by atoms with Crippen LogP contribution in [0.1, 0.15) is 0 Å². The molecule has 1 unspecified atom stereocenters. The zero-order valence-electron chi connectivity index (χ0n) is 7.38. The average molecular weight is 191 g/mol. The second kappa shape index (κ2) is 4.23. The van der Waals surface area contributed by atoms with Crippen LogP contribution in [0, 0.1) is 17.2 Å². The first-order valence-corrected chi connectivity index (χ1v) is 3.99. The summed E-state index contributed by atoms with van der Waals surface area (Å²) in [5, 5.41) is 8.56. The highest BCUT2D eigenvalue weighted by molar-refractivity contribution is 6.02. The molecule has 0 aliphatic carbocycles. The third kappa shape index (κ3) is 1.98. The quantitative estimate of drug-likeness (QED) is 0.598. The summed E-state index contributed by atoms with van der Waals surface area (Å²) in [5.41, 5.74) is 4.90. The Bertz CT molecular complexity index is 352. The van der Waals surface area contributed by atoms with E-state index in [0.717, 1.165) is 0 Å². The summed E-state index contributed by atoms with van der Waals surface area (Å²) >= 11 is 0. The van der Waals surface area contributed by atoms with E-state index in [-0.39, 0.29) is 0 Å². The van der Waals surface area contributed by atoms with Crippen LogP contribution in [0.3, 0.4) is 0 Å². The summed E-state index contributed by atoms with van der Waals surface area (Å²) in [6.07, 6.45) is 6.68. The summed E-state index contributed by atoms with van der Waals surface area (Å²) < 4.78 is 0. The Kier molecular flexibility index (Phi) is 3.02. The molecule has 1 aliphatic rings. The molecular formula is C9H9N3O2. The van der Waals surface area contributed by atoms with Crippen molar-refractivity contribution in [2.75, 3.05) is 6.54 Å². The molecule has 2 amide bonds. The van der Waals surface area contributed by atoms with Crippen molar-refractivity contribution in [3.63, 3.8) is 0 Å². The molecule has 0 aromatic heterocycles. The number of nitrogens with zero attached hydrogens (tertiary/aromatic N) is 2. The number of carbonyl (C=O) groups is 2. The van der Waals surface area contributed by atoms with Gasteiger partial charge >= 0.3 is 0 Å². The normalized spacial score (nSPS) is 16.1. The molecule has 0 aromatic carbocycles. The van der Waals surface area contributed by atoms with E-state index in [4.69, 9.17) is 11.0 Å². The fourth-order valence-corrected chi connectivity index (χ4v) is 1.04. The van der Waals surface area contributed by atoms with Crippen LogP contribution < -0.4 is 5.73 Å². The van der Waals surface area contributed by atoms with Gasteiger partial charge in [0.15, 0.2) is 0 Å². The molecule has 0 radical (unpaired) electrons. The SMILES string of the molecule is N#CC(C(N)=O)C(=O)N1C=CC=CC1. The number of nitrogens with two attached hydrogens (primary N) is 1. The van der Waals surface area contributed by atoms with Gasteiger partial charge in [-0.3, -0.25) is 9.59 Å². The average Bonchev–Trinajstić information content (AvgIpc) is 2.19. The van der Waals surface area contributed by atoms with Gasteiger partial charge in [-0.25, -0.2) is 0 Å². The molecule has 0 bridgehead atoms. The van der Waals surface area contributed by atoms with Crippen molar-refractivity contribution in [1.82, 2.24) is 4.90 Å². The molecule has 0 saturated carbocycles. The Balaban J connectivity index is 2.74. The monoisotopic (exact) mass is 191 g/mol. The Morgan fingerprint density at radius 2 is 2.21 bits per heavy atom. The third-order valence-electron chi connectivity index (χ3n) is 1.76. The van der Waals surface area contributed by atoms with Crippen molar-refractivity contribution >= 4 is 11.8 Å². The first-order valence-electron chi connectivity index (χ1n) is 3.99. The van der Waals surface area contributed by atoms with Crippen LogP contribution in [-0.4, -0.2) is 23.3 Å². The van der Waals surface area contributed by atoms with Crippen LogP contribution in [0.2, 0.25) is 0 Å². The van der Waals surface area contributed by atoms with Gasteiger partial charge in [-0.15, -0.1) is 0 Å². The highest BCUT2D eigenvalue weighted by Crippen LogP contribution is 2.05. The fraction of sp³-hybridized carbons (Fsp3) is 0.222. The van der Waals surface area contributed by atoms with E-state index in [1.807, 2.05) is 0 Å². The predicted octanol–water partition coefficient (Wildman–Crippen LogP) is -0.476. The lowest BCUT2D eigenvalue weighted by Gasteiger charge is -2.19. The van der Waals surface area contributed by atoms with Crippen molar-refractivity contribution in [2.45, 2.75) is 0 Å². The predicted molar refractivity (Wildman–Crippen MR) is 48.3 cm³/mol. The van der Waals surface area contributed by atoms with Crippen LogP contribution in [-0.2, 0) is 9.59 Å². The van der Waals surface area contributed by atoms with Gasteiger partial charge in [0, 0.05) is 12.7 Å². The molecular weight excluding hydrogens is 182 g/mol. The van der Waals surface area contributed by atoms with E-state index in [1.165, 1.54) is 11.1 Å². The molecule has 1 rings (SSSR count). The van der Waals surface area contributed by atoms with E-state index in [1.54, 1.807) is 24.3 Å². The Labute approximate surface area is 81.1 Å². The highest BCUT2D eigenvalue weighted by atomic mass is 16.2. The number of rotatable bonds is 2. The Hall–Kier alpha value is -2.09. The number of allylic oxidation sites excluding steroid dienone is 2. The molecule has 5 heteroatoms. The van der Waals surface area contributed by atoms with Crippen LogP contribution in [0.25, 0.3) is 0 Å². The van der Waals surface area contributed by atoms with Gasteiger partial charge in [0.1, 0.15) is 0 Å². The van der Waals surface area contributed by atoms with Gasteiger partial charge < -0.3 is 10.6 Å². The first kappa shape index (κ1) is 9.99. The van der Waals surface area contributed by atoms with Crippen molar-refractivity contribution in [1.29, 1.82) is 5.26 Å². The number of hydrogen-bond donors (Lipinski definition) is 1. The summed E-state index contributed by atoms with van der Waals surface area (Å²) in [6.45, 7) is 0.362. The maximum Gasteiger partial charge on any atom is 0.253 e. The zero-order valence-corrected chi connectivity index (χ0v) is 7.38. The van der Waals surface area contributed by atoms with E-state index >= 15 is 0 Å². The number of carbonyl (C=O) groups excluding carboxylic acids is 2. The van der Waals surface area contributed by atoms with Gasteiger partial charge in [0.25, 0.3) is 5.91 Å². The Morgan fingerprint density at radius 3 is 2.64 bits per heavy atom. The van der Waals surface area contributed by atoms with E-state index in [9.17, 15) is 9.59 Å². The van der Waals surface area contributed by atoms with Crippen molar-refractivity contribution in [3.05, 3.63) is 24.4 Å². The lowest BCUT2D eigenvalue weighted by Crippen LogP contribution is -2.39. The molecule has 0 saturated heterocycles. The maximum absolute atomic E-state index is 11.5. The molecule has 1 atom stereocenters. The maximum atomic E-state index is 11.5. The van der Waals surface area contributed by atoms with Gasteiger partial charge in [0.2, 0.25) is 11.8 Å². The second-order valence-electron chi connectivity index (χ2n) is 2.72. The molecule has 0 spiro atoms. The topological polar surface area (TPSA) is 87.2 Å². The van der Waals surface area contributed by atoms with Crippen LogP contribution >= 0.6 is 0 Å². The summed E-state index contributed by atoms with van der Waals surface area (Å²) in [4.78, 5) is 23.5. The number of hydrogen-bond acceptors (Lipinski definition) is 3. The Morgan fingerprint density at radius 1 is 1.50 bits per heavy atom. The van der Waals surface area contributed by atoms with Crippen LogP contribution in [0.15, 0.2) is 24.4 Å². The number of primary amides is 1. The van der Waals surface area contributed by atoms with Gasteiger partial charge in [-0.1, -0.05) is 12.2 Å². The first-order chi connectivity index (χ1) is 6.66. The number of amides is 2. The minimum atomic E-state index is -1.40. The summed E-state index contributed by atoms with van der Waals surface area (Å²) in [6, 6.07) is 1.57. The smallest absolute Gasteiger partial charge is 0.253 e. The van der Waals surface area contributed by atoms with Gasteiger partial charge in [0.05, 0.1) is 6.07 Å². The van der Waals surface area contributed by atoms with Gasteiger partial charge in [-0.05, 0) is 6.08 Å². The second-order valence-corrected chi connectivity index (χ2v) is 2.72. The molecule has 14 heavy (non-hydrogen) atoms. The van der Waals surface area contributed by atoms with E-state index in [0.29, 0.717) is 6.54 Å². The van der Waals surface area contributed by atoms with Crippen LogP contribution in [0.5, 0.6) is 0 Å². The minimum Gasteiger partial charge on any atom is -0.368 e. The molecule has 72 valence electrons. The number of nitriles is 1. The highest BCUT2D eigenvalue weighted by Gasteiger charge is 2.27. The fourth-order valence-electron chi connectivity index (χ4n) is 1.04. The largest absolute Gasteiger partial charge is 0.368 e.